The van der Waals surface area contributed by atoms with Crippen molar-refractivity contribution in [3.05, 3.63) is 23.8 Å². The fourth-order valence-electron chi connectivity index (χ4n) is 3.00. The van der Waals surface area contributed by atoms with Crippen molar-refractivity contribution in [3.8, 4) is 0 Å². The maximum atomic E-state index is 12.0. The van der Waals surface area contributed by atoms with Gasteiger partial charge in [-0.15, -0.1) is 6.58 Å². The molecular formula is C21H38O. The van der Waals surface area contributed by atoms with Crippen molar-refractivity contribution in [1.82, 2.24) is 0 Å². The Balaban J connectivity index is 4.47. The Morgan fingerprint density at radius 1 is 0.818 bits per heavy atom. The number of ketones is 1. The molecule has 0 aromatic rings. The molecule has 0 saturated carbocycles. The van der Waals surface area contributed by atoms with E-state index in [2.05, 4.69) is 20.4 Å². The third kappa shape index (κ3) is 10.8. The molecule has 0 aliphatic carbocycles. The Labute approximate surface area is 139 Å². The lowest BCUT2D eigenvalue weighted by Gasteiger charge is -2.13. The van der Waals surface area contributed by atoms with E-state index in [1.165, 1.54) is 63.4 Å². The van der Waals surface area contributed by atoms with E-state index < -0.39 is 0 Å². The molecule has 0 unspecified atom stereocenters. The molecule has 128 valence electrons. The highest BCUT2D eigenvalue weighted by atomic mass is 16.1. The van der Waals surface area contributed by atoms with Gasteiger partial charge in [-0.3, -0.25) is 4.79 Å². The SMILES string of the molecule is C=CC/C(CCCCCCC)=C(\CCCCCCC)C(C)=O. The van der Waals surface area contributed by atoms with Crippen LogP contribution in [0.4, 0.5) is 0 Å². The zero-order valence-electron chi connectivity index (χ0n) is 15.4. The van der Waals surface area contributed by atoms with E-state index in [-0.39, 0.29) is 5.78 Å². The molecule has 0 atom stereocenters. The molecule has 0 aliphatic heterocycles. The smallest absolute Gasteiger partial charge is 0.155 e. The molecule has 0 saturated heterocycles. The second-order valence-electron chi connectivity index (χ2n) is 6.46. The normalized spacial score (nSPS) is 12.1. The Morgan fingerprint density at radius 3 is 1.77 bits per heavy atom. The fraction of sp³-hybridized carbons (Fsp3) is 0.762. The summed E-state index contributed by atoms with van der Waals surface area (Å²) in [5.41, 5.74) is 2.46. The van der Waals surface area contributed by atoms with Crippen LogP contribution in [0, 0.1) is 0 Å². The van der Waals surface area contributed by atoms with E-state index in [0.29, 0.717) is 0 Å². The highest BCUT2D eigenvalue weighted by Crippen LogP contribution is 2.23. The van der Waals surface area contributed by atoms with Gasteiger partial charge in [0.05, 0.1) is 0 Å². The second-order valence-corrected chi connectivity index (χ2v) is 6.46. The summed E-state index contributed by atoms with van der Waals surface area (Å²) in [7, 11) is 0. The van der Waals surface area contributed by atoms with Crippen molar-refractivity contribution in [2.45, 2.75) is 104 Å². The maximum absolute atomic E-state index is 12.0. The van der Waals surface area contributed by atoms with Crippen LogP contribution in [0.3, 0.4) is 0 Å². The van der Waals surface area contributed by atoms with Gasteiger partial charge in [0.1, 0.15) is 0 Å². The van der Waals surface area contributed by atoms with Crippen LogP contribution in [0.2, 0.25) is 0 Å². The number of carbonyl (C=O) groups is 1. The average molecular weight is 307 g/mol. The van der Waals surface area contributed by atoms with Crippen molar-refractivity contribution in [2.75, 3.05) is 0 Å². The van der Waals surface area contributed by atoms with Gasteiger partial charge in [0.25, 0.3) is 0 Å². The fourth-order valence-corrected chi connectivity index (χ4v) is 3.00. The number of rotatable bonds is 15. The van der Waals surface area contributed by atoms with Crippen LogP contribution in [-0.4, -0.2) is 5.78 Å². The van der Waals surface area contributed by atoms with Crippen molar-refractivity contribution in [1.29, 1.82) is 0 Å². The van der Waals surface area contributed by atoms with Gasteiger partial charge >= 0.3 is 0 Å². The summed E-state index contributed by atoms with van der Waals surface area (Å²) in [6.45, 7) is 10.1. The topological polar surface area (TPSA) is 17.1 Å². The number of allylic oxidation sites excluding steroid dienone is 3. The van der Waals surface area contributed by atoms with Gasteiger partial charge in [-0.1, -0.05) is 76.9 Å². The van der Waals surface area contributed by atoms with Crippen molar-refractivity contribution >= 4 is 5.78 Å². The Bertz CT molecular complexity index is 325. The molecule has 0 bridgehead atoms. The summed E-state index contributed by atoms with van der Waals surface area (Å²) in [6.07, 6.45) is 17.6. The number of hydrogen-bond acceptors (Lipinski definition) is 1. The van der Waals surface area contributed by atoms with Gasteiger partial charge in [0, 0.05) is 0 Å². The number of carbonyl (C=O) groups excluding carboxylic acids is 1. The van der Waals surface area contributed by atoms with Gasteiger partial charge < -0.3 is 0 Å². The Morgan fingerprint density at radius 2 is 1.32 bits per heavy atom. The standard InChI is InChI=1S/C21H38O/c1-5-8-10-12-14-17-20(16-7-3)21(19(4)22)18-15-13-11-9-6-2/h7H,3,5-6,8-18H2,1-2,4H3/b21-20-. The monoisotopic (exact) mass is 306 g/mol. The Hall–Kier alpha value is -0.850. The highest BCUT2D eigenvalue weighted by Gasteiger charge is 2.10. The van der Waals surface area contributed by atoms with Gasteiger partial charge in [-0.2, -0.15) is 0 Å². The molecule has 0 spiro atoms. The predicted octanol–water partition coefficient (Wildman–Crippen LogP) is 7.17. The lowest BCUT2D eigenvalue weighted by molar-refractivity contribution is -0.113. The first-order valence-electron chi connectivity index (χ1n) is 9.50. The molecule has 1 nitrogen and oxygen atoms in total. The second kappa shape index (κ2) is 15.1. The molecule has 0 rings (SSSR count). The molecule has 1 heteroatoms. The van der Waals surface area contributed by atoms with Gasteiger partial charge in [0.2, 0.25) is 0 Å². The zero-order chi connectivity index (χ0) is 16.6. The summed E-state index contributed by atoms with van der Waals surface area (Å²) in [4.78, 5) is 12.0. The summed E-state index contributed by atoms with van der Waals surface area (Å²) >= 11 is 0. The molecule has 0 aliphatic rings. The molecular weight excluding hydrogens is 268 g/mol. The third-order valence-electron chi connectivity index (χ3n) is 4.35. The van der Waals surface area contributed by atoms with Crippen LogP contribution in [0.5, 0.6) is 0 Å². The van der Waals surface area contributed by atoms with Gasteiger partial charge in [0.15, 0.2) is 5.78 Å². The van der Waals surface area contributed by atoms with Crippen LogP contribution in [0.15, 0.2) is 23.8 Å². The number of Topliss-reactive ketones (excluding diaryl/α,β-unsaturated/α-hetero) is 1. The molecule has 0 radical (unpaired) electrons. The molecule has 0 fully saturated rings. The number of unbranched alkanes of at least 4 members (excludes halogenated alkanes) is 8. The first-order valence-corrected chi connectivity index (χ1v) is 9.50. The molecule has 0 aromatic carbocycles. The predicted molar refractivity (Wildman–Crippen MR) is 99.3 cm³/mol. The first-order chi connectivity index (χ1) is 10.7. The van der Waals surface area contributed by atoms with E-state index in [9.17, 15) is 4.79 Å². The minimum absolute atomic E-state index is 0.279. The Kier molecular flexibility index (Phi) is 14.5. The van der Waals surface area contributed by atoms with Gasteiger partial charge in [-0.25, -0.2) is 0 Å². The number of hydrogen-bond donors (Lipinski definition) is 0. The summed E-state index contributed by atoms with van der Waals surface area (Å²) < 4.78 is 0. The maximum Gasteiger partial charge on any atom is 0.155 e. The van der Waals surface area contributed by atoms with E-state index >= 15 is 0 Å². The van der Waals surface area contributed by atoms with Crippen LogP contribution in [-0.2, 0) is 4.79 Å². The minimum Gasteiger partial charge on any atom is -0.295 e. The van der Waals surface area contributed by atoms with Crippen molar-refractivity contribution in [2.24, 2.45) is 0 Å². The van der Waals surface area contributed by atoms with E-state index in [1.54, 1.807) is 6.92 Å². The van der Waals surface area contributed by atoms with Crippen LogP contribution in [0.25, 0.3) is 0 Å². The van der Waals surface area contributed by atoms with Crippen LogP contribution < -0.4 is 0 Å². The van der Waals surface area contributed by atoms with E-state index in [4.69, 9.17) is 0 Å². The average Bonchev–Trinajstić information content (AvgIpc) is 2.49. The van der Waals surface area contributed by atoms with Crippen molar-refractivity contribution in [3.63, 3.8) is 0 Å². The summed E-state index contributed by atoms with van der Waals surface area (Å²) in [5.74, 6) is 0.279. The van der Waals surface area contributed by atoms with Crippen LogP contribution >= 0.6 is 0 Å². The van der Waals surface area contributed by atoms with Gasteiger partial charge in [-0.05, 0) is 44.6 Å². The first kappa shape index (κ1) is 21.1. The quantitative estimate of drug-likeness (QED) is 0.178. The third-order valence-corrected chi connectivity index (χ3v) is 4.35. The minimum atomic E-state index is 0.279. The molecule has 0 aromatic heterocycles. The molecule has 22 heavy (non-hydrogen) atoms. The summed E-state index contributed by atoms with van der Waals surface area (Å²) in [5, 5.41) is 0. The lowest BCUT2D eigenvalue weighted by Crippen LogP contribution is -2.03. The molecule has 0 amide bonds. The van der Waals surface area contributed by atoms with E-state index in [0.717, 1.165) is 31.3 Å². The molecule has 0 heterocycles. The van der Waals surface area contributed by atoms with Crippen molar-refractivity contribution < 1.29 is 4.79 Å². The lowest BCUT2D eigenvalue weighted by atomic mass is 9.92. The highest BCUT2D eigenvalue weighted by molar-refractivity contribution is 5.94. The summed E-state index contributed by atoms with van der Waals surface area (Å²) in [6, 6.07) is 0. The van der Waals surface area contributed by atoms with Crippen LogP contribution in [0.1, 0.15) is 104 Å². The zero-order valence-corrected chi connectivity index (χ0v) is 15.4. The molecule has 0 N–H and O–H groups in total. The largest absolute Gasteiger partial charge is 0.295 e. The van der Waals surface area contributed by atoms with E-state index in [1.807, 2.05) is 6.08 Å².